The van der Waals surface area contributed by atoms with Gasteiger partial charge in [0.2, 0.25) is 0 Å². The topological polar surface area (TPSA) is 77.0 Å². The second-order valence-corrected chi connectivity index (χ2v) is 8.40. The van der Waals surface area contributed by atoms with Gasteiger partial charge in [0, 0.05) is 10.6 Å². The molecular weight excluding hydrogens is 476 g/mol. The first kappa shape index (κ1) is 24.7. The molecule has 7 heteroatoms. The van der Waals surface area contributed by atoms with Gasteiger partial charge < -0.3 is 9.47 Å². The summed E-state index contributed by atoms with van der Waals surface area (Å²) in [5.41, 5.74) is 6.22. The Hall–Kier alpha value is -4.42. The van der Waals surface area contributed by atoms with Crippen LogP contribution in [-0.4, -0.2) is 18.1 Å². The van der Waals surface area contributed by atoms with Crippen molar-refractivity contribution in [2.75, 3.05) is 0 Å². The van der Waals surface area contributed by atoms with Gasteiger partial charge in [-0.15, -0.1) is 0 Å². The third kappa shape index (κ3) is 7.04. The van der Waals surface area contributed by atoms with Gasteiger partial charge in [0.05, 0.1) is 11.8 Å². The summed E-state index contributed by atoms with van der Waals surface area (Å²) >= 11 is 5.89. The molecule has 1 N–H and O–H groups in total. The number of hydrazone groups is 1. The first-order valence-electron chi connectivity index (χ1n) is 11.2. The molecule has 0 spiro atoms. The Balaban J connectivity index is 1.25. The van der Waals surface area contributed by atoms with Gasteiger partial charge >= 0.3 is 5.97 Å². The van der Waals surface area contributed by atoms with E-state index in [1.807, 2.05) is 43.3 Å². The van der Waals surface area contributed by atoms with Crippen molar-refractivity contribution in [1.82, 2.24) is 5.43 Å². The van der Waals surface area contributed by atoms with E-state index < -0.39 is 5.97 Å². The van der Waals surface area contributed by atoms with Crippen molar-refractivity contribution in [1.29, 1.82) is 0 Å². The van der Waals surface area contributed by atoms with Crippen LogP contribution >= 0.6 is 11.6 Å². The summed E-state index contributed by atoms with van der Waals surface area (Å²) in [7, 11) is 0. The molecule has 0 radical (unpaired) electrons. The molecular formula is C29H23ClN2O4. The highest BCUT2D eigenvalue weighted by Crippen LogP contribution is 2.16. The van der Waals surface area contributed by atoms with E-state index >= 15 is 0 Å². The molecule has 1 amide bonds. The number of ether oxygens (including phenoxy) is 2. The molecule has 0 unspecified atom stereocenters. The minimum atomic E-state index is -0.426. The number of esters is 1. The Kier molecular flexibility index (Phi) is 8.11. The molecule has 4 aromatic carbocycles. The zero-order chi connectivity index (χ0) is 25.3. The van der Waals surface area contributed by atoms with Crippen LogP contribution in [0.15, 0.2) is 102 Å². The van der Waals surface area contributed by atoms with Crippen molar-refractivity contribution in [2.24, 2.45) is 5.10 Å². The number of aryl methyl sites for hydroxylation is 1. The van der Waals surface area contributed by atoms with Gasteiger partial charge in [-0.05, 0) is 90.8 Å². The molecule has 0 bridgehead atoms. The maximum absolute atomic E-state index is 12.4. The highest BCUT2D eigenvalue weighted by Gasteiger charge is 2.08. The van der Waals surface area contributed by atoms with E-state index in [4.69, 9.17) is 21.1 Å². The highest BCUT2D eigenvalue weighted by molar-refractivity contribution is 6.30. The molecule has 0 aliphatic heterocycles. The Bertz CT molecular complexity index is 1350. The second kappa shape index (κ2) is 11.8. The first-order chi connectivity index (χ1) is 17.5. The van der Waals surface area contributed by atoms with E-state index in [-0.39, 0.29) is 5.91 Å². The Labute approximate surface area is 214 Å². The van der Waals surface area contributed by atoms with Crippen LogP contribution in [0.25, 0.3) is 0 Å². The zero-order valence-corrected chi connectivity index (χ0v) is 20.2. The van der Waals surface area contributed by atoms with Crippen molar-refractivity contribution in [3.63, 3.8) is 0 Å². The Morgan fingerprint density at radius 2 is 1.42 bits per heavy atom. The minimum absolute atomic E-state index is 0.348. The molecule has 180 valence electrons. The third-order valence-corrected chi connectivity index (χ3v) is 5.44. The smallest absolute Gasteiger partial charge is 0.343 e. The van der Waals surface area contributed by atoms with E-state index in [9.17, 15) is 9.59 Å². The fourth-order valence-electron chi connectivity index (χ4n) is 3.16. The Morgan fingerprint density at radius 3 is 2.08 bits per heavy atom. The predicted molar refractivity (Wildman–Crippen MR) is 140 cm³/mol. The van der Waals surface area contributed by atoms with Gasteiger partial charge in [-0.1, -0.05) is 41.4 Å². The average molecular weight is 499 g/mol. The molecule has 6 nitrogen and oxygen atoms in total. The molecule has 36 heavy (non-hydrogen) atoms. The molecule has 0 saturated heterocycles. The van der Waals surface area contributed by atoms with Crippen LogP contribution in [0.5, 0.6) is 11.5 Å². The summed E-state index contributed by atoms with van der Waals surface area (Å²) < 4.78 is 11.1. The van der Waals surface area contributed by atoms with Crippen molar-refractivity contribution < 1.29 is 19.1 Å². The number of carbonyl (C=O) groups is 2. The maximum Gasteiger partial charge on any atom is 0.343 e. The van der Waals surface area contributed by atoms with Crippen molar-refractivity contribution in [2.45, 2.75) is 13.5 Å². The van der Waals surface area contributed by atoms with Crippen LogP contribution in [0.1, 0.15) is 37.4 Å². The first-order valence-corrected chi connectivity index (χ1v) is 11.5. The standard InChI is InChI=1S/C29H23ClN2O4/c1-20-2-8-24(9-3-20)29(34)36-27-14-6-21(7-15-27)18-31-32-28(33)23-10-16-26(17-11-23)35-19-22-4-12-25(30)13-5-22/h2-18H,19H2,1H3,(H,32,33). The fourth-order valence-corrected chi connectivity index (χ4v) is 3.28. The van der Waals surface area contributed by atoms with E-state index in [0.717, 1.165) is 16.7 Å². The van der Waals surface area contributed by atoms with Gasteiger partial charge in [0.1, 0.15) is 18.1 Å². The number of halogens is 1. The summed E-state index contributed by atoms with van der Waals surface area (Å²) in [4.78, 5) is 24.6. The fraction of sp³-hybridized carbons (Fsp3) is 0.0690. The van der Waals surface area contributed by atoms with Gasteiger partial charge in [0.15, 0.2) is 0 Å². The molecule has 0 heterocycles. The summed E-state index contributed by atoms with van der Waals surface area (Å²) in [6.07, 6.45) is 1.51. The summed E-state index contributed by atoms with van der Waals surface area (Å²) in [5.74, 6) is 0.289. The molecule has 0 aromatic heterocycles. The van der Waals surface area contributed by atoms with Crippen LogP contribution in [0.4, 0.5) is 0 Å². The number of amides is 1. The monoisotopic (exact) mass is 498 g/mol. The third-order valence-electron chi connectivity index (χ3n) is 5.19. The van der Waals surface area contributed by atoms with E-state index in [1.54, 1.807) is 60.7 Å². The van der Waals surface area contributed by atoms with Crippen molar-refractivity contribution in [3.8, 4) is 11.5 Å². The highest BCUT2D eigenvalue weighted by atomic mass is 35.5. The molecule has 0 aliphatic rings. The summed E-state index contributed by atoms with van der Waals surface area (Å²) in [6.45, 7) is 2.35. The van der Waals surface area contributed by atoms with Crippen LogP contribution in [-0.2, 0) is 6.61 Å². The average Bonchev–Trinajstić information content (AvgIpc) is 2.90. The quantitative estimate of drug-likeness (QED) is 0.135. The lowest BCUT2D eigenvalue weighted by Gasteiger charge is -2.07. The second-order valence-electron chi connectivity index (χ2n) is 7.96. The number of nitrogens with one attached hydrogen (secondary N) is 1. The summed E-state index contributed by atoms with van der Waals surface area (Å²) in [5, 5.41) is 4.67. The molecule has 0 aliphatic carbocycles. The number of nitrogens with zero attached hydrogens (tertiary/aromatic N) is 1. The van der Waals surface area contributed by atoms with Crippen molar-refractivity contribution >= 4 is 29.7 Å². The normalized spacial score (nSPS) is 10.7. The zero-order valence-electron chi connectivity index (χ0n) is 19.5. The number of hydrogen-bond acceptors (Lipinski definition) is 5. The van der Waals surface area contributed by atoms with Gasteiger partial charge in [0.25, 0.3) is 5.91 Å². The number of benzene rings is 4. The molecule has 0 fully saturated rings. The number of hydrogen-bond donors (Lipinski definition) is 1. The van der Waals surface area contributed by atoms with Crippen molar-refractivity contribution in [3.05, 3.63) is 130 Å². The summed E-state index contributed by atoms with van der Waals surface area (Å²) in [6, 6.07) is 28.2. The maximum atomic E-state index is 12.4. The van der Waals surface area contributed by atoms with E-state index in [1.165, 1.54) is 6.21 Å². The number of carbonyl (C=O) groups excluding carboxylic acids is 2. The molecule has 0 saturated carbocycles. The molecule has 0 atom stereocenters. The van der Waals surface area contributed by atoms with E-state index in [2.05, 4.69) is 10.5 Å². The van der Waals surface area contributed by atoms with Crippen LogP contribution in [0.3, 0.4) is 0 Å². The predicted octanol–water partition coefficient (Wildman–Crippen LogP) is 6.21. The SMILES string of the molecule is Cc1ccc(C(=O)Oc2ccc(C=NNC(=O)c3ccc(OCc4ccc(Cl)cc4)cc3)cc2)cc1. The minimum Gasteiger partial charge on any atom is -0.489 e. The molecule has 4 aromatic rings. The lowest BCUT2D eigenvalue weighted by atomic mass is 10.1. The van der Waals surface area contributed by atoms with Gasteiger partial charge in [-0.3, -0.25) is 4.79 Å². The Morgan fingerprint density at radius 1 is 0.806 bits per heavy atom. The van der Waals surface area contributed by atoms with Crippen LogP contribution in [0.2, 0.25) is 5.02 Å². The lowest BCUT2D eigenvalue weighted by molar-refractivity contribution is 0.0734. The van der Waals surface area contributed by atoms with Crippen LogP contribution < -0.4 is 14.9 Å². The van der Waals surface area contributed by atoms with Gasteiger partial charge in [-0.2, -0.15) is 5.10 Å². The molecule has 4 rings (SSSR count). The number of rotatable bonds is 8. The largest absolute Gasteiger partial charge is 0.489 e. The van der Waals surface area contributed by atoms with Crippen LogP contribution in [0, 0.1) is 6.92 Å². The van der Waals surface area contributed by atoms with E-state index in [0.29, 0.717) is 34.3 Å². The van der Waals surface area contributed by atoms with Gasteiger partial charge in [-0.25, -0.2) is 10.2 Å². The lowest BCUT2D eigenvalue weighted by Crippen LogP contribution is -2.17.